The summed E-state index contributed by atoms with van der Waals surface area (Å²) in [5, 5.41) is 11.7. The lowest BCUT2D eigenvalue weighted by Crippen LogP contribution is -2.54. The molecule has 0 saturated heterocycles. The van der Waals surface area contributed by atoms with E-state index in [4.69, 9.17) is 9.52 Å². The molecule has 1 saturated carbocycles. The Morgan fingerprint density at radius 2 is 2.28 bits per heavy atom. The second-order valence-electron chi connectivity index (χ2n) is 4.64. The lowest BCUT2D eigenvalue weighted by molar-refractivity contribution is -0.139. The summed E-state index contributed by atoms with van der Waals surface area (Å²) in [6.45, 7) is 1.87. The van der Waals surface area contributed by atoms with E-state index in [-0.39, 0.29) is 18.0 Å². The van der Waals surface area contributed by atoms with Gasteiger partial charge in [0.15, 0.2) is 12.1 Å². The molecule has 1 fully saturated rings. The molecule has 1 amide bonds. The summed E-state index contributed by atoms with van der Waals surface area (Å²) in [7, 11) is 0. The van der Waals surface area contributed by atoms with E-state index in [1.807, 2.05) is 6.92 Å². The second kappa shape index (κ2) is 4.80. The van der Waals surface area contributed by atoms with Crippen LogP contribution < -0.4 is 5.32 Å². The van der Waals surface area contributed by atoms with Crippen molar-refractivity contribution < 1.29 is 19.1 Å². The van der Waals surface area contributed by atoms with Crippen LogP contribution in [0.1, 0.15) is 48.9 Å². The van der Waals surface area contributed by atoms with E-state index in [0.717, 1.165) is 6.42 Å². The van der Waals surface area contributed by atoms with Gasteiger partial charge in [0.1, 0.15) is 5.76 Å². The van der Waals surface area contributed by atoms with Gasteiger partial charge in [-0.3, -0.25) is 9.59 Å². The van der Waals surface area contributed by atoms with Crippen LogP contribution in [0.3, 0.4) is 0 Å². The van der Waals surface area contributed by atoms with Crippen LogP contribution in [0, 0.1) is 0 Å². The van der Waals surface area contributed by atoms with Gasteiger partial charge in [0.25, 0.3) is 5.91 Å². The summed E-state index contributed by atoms with van der Waals surface area (Å²) in [6, 6.07) is 0. The zero-order valence-corrected chi connectivity index (χ0v) is 10.2. The molecular formula is C12H16N2O4. The van der Waals surface area contributed by atoms with E-state index in [9.17, 15) is 9.59 Å². The second-order valence-corrected chi connectivity index (χ2v) is 4.64. The van der Waals surface area contributed by atoms with Crippen LogP contribution in [0.4, 0.5) is 0 Å². The zero-order chi connectivity index (χ0) is 13.2. The monoisotopic (exact) mass is 252 g/mol. The number of carboxylic acid groups (broad SMARTS) is 1. The number of hydrogen-bond donors (Lipinski definition) is 2. The van der Waals surface area contributed by atoms with Gasteiger partial charge in [0.2, 0.25) is 0 Å². The maximum Gasteiger partial charge on any atom is 0.305 e. The summed E-state index contributed by atoms with van der Waals surface area (Å²) in [5.74, 6) is -0.718. The van der Waals surface area contributed by atoms with Gasteiger partial charge in [0.05, 0.1) is 12.0 Å². The molecular weight excluding hydrogens is 236 g/mol. The number of carboxylic acids is 1. The van der Waals surface area contributed by atoms with Crippen molar-refractivity contribution in [2.45, 2.75) is 44.6 Å². The number of carbonyl (C=O) groups excluding carboxylic acids is 1. The van der Waals surface area contributed by atoms with E-state index in [1.54, 1.807) is 0 Å². The number of rotatable bonds is 5. The quantitative estimate of drug-likeness (QED) is 0.825. The molecule has 0 spiro atoms. The standard InChI is InChI=1S/C12H16N2O4/c1-2-8-10(13-7-18-8)11(17)14-12(4-3-5-12)6-9(15)16/h7H,2-6H2,1H3,(H,14,17)(H,15,16). The minimum Gasteiger partial charge on any atom is -0.481 e. The molecule has 0 atom stereocenters. The molecule has 0 bridgehead atoms. The SMILES string of the molecule is CCc1ocnc1C(=O)NC1(CC(=O)O)CCC1. The smallest absolute Gasteiger partial charge is 0.305 e. The first-order valence-corrected chi connectivity index (χ1v) is 6.03. The molecule has 1 aromatic rings. The van der Waals surface area contributed by atoms with E-state index >= 15 is 0 Å². The van der Waals surface area contributed by atoms with Gasteiger partial charge in [-0.25, -0.2) is 4.98 Å². The van der Waals surface area contributed by atoms with Gasteiger partial charge in [-0.2, -0.15) is 0 Å². The van der Waals surface area contributed by atoms with Crippen molar-refractivity contribution in [3.63, 3.8) is 0 Å². The molecule has 0 unspecified atom stereocenters. The van der Waals surface area contributed by atoms with Gasteiger partial charge in [-0.1, -0.05) is 6.92 Å². The van der Waals surface area contributed by atoms with Gasteiger partial charge in [0, 0.05) is 6.42 Å². The number of amides is 1. The molecule has 1 heterocycles. The third-order valence-electron chi connectivity index (χ3n) is 3.36. The Hall–Kier alpha value is -1.85. The van der Waals surface area contributed by atoms with Crippen molar-refractivity contribution in [2.75, 3.05) is 0 Å². The Balaban J connectivity index is 2.08. The highest BCUT2D eigenvalue weighted by atomic mass is 16.4. The first kappa shape index (κ1) is 12.6. The molecule has 98 valence electrons. The Bertz CT molecular complexity index is 462. The Morgan fingerprint density at radius 3 is 2.78 bits per heavy atom. The van der Waals surface area contributed by atoms with Crippen molar-refractivity contribution in [3.8, 4) is 0 Å². The summed E-state index contributed by atoms with van der Waals surface area (Å²) in [6.07, 6.45) is 4.10. The number of hydrogen-bond acceptors (Lipinski definition) is 4. The highest BCUT2D eigenvalue weighted by Gasteiger charge is 2.41. The lowest BCUT2D eigenvalue weighted by atomic mass is 9.74. The van der Waals surface area contributed by atoms with Gasteiger partial charge < -0.3 is 14.8 Å². The van der Waals surface area contributed by atoms with Gasteiger partial charge in [-0.05, 0) is 19.3 Å². The zero-order valence-electron chi connectivity index (χ0n) is 10.2. The molecule has 1 aromatic heterocycles. The first-order chi connectivity index (χ1) is 8.56. The molecule has 0 radical (unpaired) electrons. The molecule has 6 heteroatoms. The maximum atomic E-state index is 12.0. The third kappa shape index (κ3) is 2.37. The Kier molecular flexibility index (Phi) is 3.36. The molecule has 6 nitrogen and oxygen atoms in total. The van der Waals surface area contributed by atoms with Crippen LogP contribution >= 0.6 is 0 Å². The number of nitrogens with zero attached hydrogens (tertiary/aromatic N) is 1. The van der Waals surface area contributed by atoms with Crippen LogP contribution in [0.25, 0.3) is 0 Å². The number of carbonyl (C=O) groups is 2. The Labute approximate surface area is 104 Å². The van der Waals surface area contributed by atoms with E-state index in [2.05, 4.69) is 10.3 Å². The highest BCUT2D eigenvalue weighted by molar-refractivity contribution is 5.94. The van der Waals surface area contributed by atoms with Crippen molar-refractivity contribution in [3.05, 3.63) is 17.8 Å². The van der Waals surface area contributed by atoms with Crippen molar-refractivity contribution in [2.24, 2.45) is 0 Å². The number of oxazole rings is 1. The van der Waals surface area contributed by atoms with E-state index < -0.39 is 11.5 Å². The minimum atomic E-state index is -0.897. The number of aliphatic carboxylic acids is 1. The highest BCUT2D eigenvalue weighted by Crippen LogP contribution is 2.35. The van der Waals surface area contributed by atoms with Crippen LogP contribution in [-0.2, 0) is 11.2 Å². The van der Waals surface area contributed by atoms with Gasteiger partial charge in [-0.15, -0.1) is 0 Å². The van der Waals surface area contributed by atoms with E-state index in [0.29, 0.717) is 25.0 Å². The van der Waals surface area contributed by atoms with Crippen molar-refractivity contribution in [1.29, 1.82) is 0 Å². The summed E-state index contributed by atoms with van der Waals surface area (Å²) < 4.78 is 5.09. The largest absolute Gasteiger partial charge is 0.481 e. The summed E-state index contributed by atoms with van der Waals surface area (Å²) >= 11 is 0. The van der Waals surface area contributed by atoms with Crippen LogP contribution in [-0.4, -0.2) is 27.5 Å². The minimum absolute atomic E-state index is 0.0436. The number of nitrogens with one attached hydrogen (secondary N) is 1. The maximum absolute atomic E-state index is 12.0. The van der Waals surface area contributed by atoms with Crippen LogP contribution in [0.15, 0.2) is 10.8 Å². The average Bonchev–Trinajstić information content (AvgIpc) is 2.73. The fourth-order valence-corrected chi connectivity index (χ4v) is 2.25. The number of aromatic nitrogens is 1. The fourth-order valence-electron chi connectivity index (χ4n) is 2.25. The van der Waals surface area contributed by atoms with Crippen LogP contribution in [0.2, 0.25) is 0 Å². The Morgan fingerprint density at radius 1 is 1.56 bits per heavy atom. The van der Waals surface area contributed by atoms with Crippen molar-refractivity contribution in [1.82, 2.24) is 10.3 Å². The third-order valence-corrected chi connectivity index (χ3v) is 3.36. The molecule has 18 heavy (non-hydrogen) atoms. The summed E-state index contributed by atoms with van der Waals surface area (Å²) in [5.41, 5.74) is -0.346. The fraction of sp³-hybridized carbons (Fsp3) is 0.583. The lowest BCUT2D eigenvalue weighted by Gasteiger charge is -2.41. The molecule has 0 aliphatic heterocycles. The van der Waals surface area contributed by atoms with Crippen LogP contribution in [0.5, 0.6) is 0 Å². The molecule has 0 aromatic carbocycles. The molecule has 2 rings (SSSR count). The molecule has 1 aliphatic carbocycles. The van der Waals surface area contributed by atoms with E-state index in [1.165, 1.54) is 6.39 Å². The first-order valence-electron chi connectivity index (χ1n) is 6.03. The molecule has 2 N–H and O–H groups in total. The average molecular weight is 252 g/mol. The van der Waals surface area contributed by atoms with Gasteiger partial charge >= 0.3 is 5.97 Å². The topological polar surface area (TPSA) is 92.4 Å². The van der Waals surface area contributed by atoms with Crippen molar-refractivity contribution >= 4 is 11.9 Å². The molecule has 1 aliphatic rings. The summed E-state index contributed by atoms with van der Waals surface area (Å²) in [4.78, 5) is 26.7. The predicted molar refractivity (Wildman–Crippen MR) is 62.2 cm³/mol. The predicted octanol–water partition coefficient (Wildman–Crippen LogP) is 1.36. The number of aryl methyl sites for hydroxylation is 1. The normalized spacial score (nSPS) is 16.9.